The summed E-state index contributed by atoms with van der Waals surface area (Å²) in [4.78, 5) is 31.6. The maximum Gasteiger partial charge on any atom is 0.261 e. The van der Waals surface area contributed by atoms with Crippen LogP contribution in [-0.2, 0) is 11.2 Å². The summed E-state index contributed by atoms with van der Waals surface area (Å²) in [5.74, 6) is 0.181. The maximum atomic E-state index is 12.9. The summed E-state index contributed by atoms with van der Waals surface area (Å²) >= 11 is 1.29. The Hall–Kier alpha value is -1.50. The third-order valence-electron chi connectivity index (χ3n) is 5.48. The first-order valence-electron chi connectivity index (χ1n) is 9.86. The summed E-state index contributed by atoms with van der Waals surface area (Å²) < 4.78 is 1.76. The van der Waals surface area contributed by atoms with E-state index in [0.717, 1.165) is 51.6 Å². The standard InChI is InChI=1S/C19H29N3O3S/c1-2-15-17(24)20-19(22(18(15)25)14-9-5-3-6-10-14)26-13-16(23)21-11-7-4-8-12-21/h14,24H,2-13H2,1H3. The van der Waals surface area contributed by atoms with E-state index >= 15 is 0 Å². The van der Waals surface area contributed by atoms with Gasteiger partial charge >= 0.3 is 0 Å². The third kappa shape index (κ3) is 4.24. The van der Waals surface area contributed by atoms with E-state index in [4.69, 9.17) is 0 Å². The first-order valence-corrected chi connectivity index (χ1v) is 10.8. The zero-order chi connectivity index (χ0) is 18.5. The van der Waals surface area contributed by atoms with E-state index in [9.17, 15) is 14.7 Å². The lowest BCUT2D eigenvalue weighted by Crippen LogP contribution is -2.37. The second-order valence-electron chi connectivity index (χ2n) is 7.25. The Morgan fingerprint density at radius 2 is 1.81 bits per heavy atom. The average Bonchev–Trinajstić information content (AvgIpc) is 2.67. The average molecular weight is 380 g/mol. The fourth-order valence-corrected chi connectivity index (χ4v) is 4.93. The summed E-state index contributed by atoms with van der Waals surface area (Å²) in [5, 5.41) is 10.7. The molecule has 0 atom stereocenters. The molecule has 3 rings (SSSR count). The van der Waals surface area contributed by atoms with Gasteiger partial charge in [-0.25, -0.2) is 0 Å². The van der Waals surface area contributed by atoms with Crippen LogP contribution in [-0.4, -0.2) is 44.3 Å². The summed E-state index contributed by atoms with van der Waals surface area (Å²) in [6, 6.07) is 0.127. The zero-order valence-electron chi connectivity index (χ0n) is 15.6. The topological polar surface area (TPSA) is 75.4 Å². The van der Waals surface area contributed by atoms with Crippen molar-refractivity contribution >= 4 is 17.7 Å². The number of hydrogen-bond acceptors (Lipinski definition) is 5. The number of carbonyl (C=O) groups excluding carboxylic acids is 1. The highest BCUT2D eigenvalue weighted by molar-refractivity contribution is 7.99. The number of thioether (sulfide) groups is 1. The number of carbonyl (C=O) groups is 1. The molecule has 2 aliphatic rings. The van der Waals surface area contributed by atoms with E-state index in [1.807, 2.05) is 11.8 Å². The normalized spacial score (nSPS) is 18.9. The monoisotopic (exact) mass is 379 g/mol. The molecule has 1 aromatic rings. The molecule has 144 valence electrons. The molecular weight excluding hydrogens is 350 g/mol. The maximum absolute atomic E-state index is 12.9. The van der Waals surface area contributed by atoms with Crippen LogP contribution in [0, 0.1) is 0 Å². The van der Waals surface area contributed by atoms with Crippen molar-refractivity contribution in [2.24, 2.45) is 0 Å². The van der Waals surface area contributed by atoms with Crippen LogP contribution in [0.1, 0.15) is 69.9 Å². The molecule has 1 aliphatic carbocycles. The zero-order valence-corrected chi connectivity index (χ0v) is 16.4. The van der Waals surface area contributed by atoms with Gasteiger partial charge in [0.05, 0.1) is 11.3 Å². The van der Waals surface area contributed by atoms with Gasteiger partial charge in [-0.15, -0.1) is 0 Å². The Bertz CT molecular complexity index is 692. The molecule has 1 saturated carbocycles. The highest BCUT2D eigenvalue weighted by Gasteiger charge is 2.25. The molecule has 1 aromatic heterocycles. The Balaban J connectivity index is 1.82. The Labute approximate surface area is 159 Å². The van der Waals surface area contributed by atoms with Crippen molar-refractivity contribution in [3.8, 4) is 5.88 Å². The van der Waals surface area contributed by atoms with Gasteiger partial charge in [0.15, 0.2) is 5.16 Å². The van der Waals surface area contributed by atoms with Crippen molar-refractivity contribution in [3.05, 3.63) is 15.9 Å². The molecule has 26 heavy (non-hydrogen) atoms. The molecule has 7 heteroatoms. The number of rotatable bonds is 5. The fourth-order valence-electron chi connectivity index (χ4n) is 3.97. The lowest BCUT2D eigenvalue weighted by atomic mass is 9.95. The third-order valence-corrected chi connectivity index (χ3v) is 6.42. The van der Waals surface area contributed by atoms with Crippen LogP contribution in [0.25, 0.3) is 0 Å². The Morgan fingerprint density at radius 1 is 1.15 bits per heavy atom. The van der Waals surface area contributed by atoms with E-state index in [1.165, 1.54) is 24.6 Å². The van der Waals surface area contributed by atoms with Gasteiger partial charge in [0.2, 0.25) is 11.8 Å². The SMILES string of the molecule is CCc1c(O)nc(SCC(=O)N2CCCCC2)n(C2CCCCC2)c1=O. The summed E-state index contributed by atoms with van der Waals surface area (Å²) in [6.07, 6.45) is 9.11. The van der Waals surface area contributed by atoms with E-state index < -0.39 is 0 Å². The molecule has 1 amide bonds. The smallest absolute Gasteiger partial charge is 0.261 e. The van der Waals surface area contributed by atoms with Crippen LogP contribution in [0.15, 0.2) is 9.95 Å². The van der Waals surface area contributed by atoms with Gasteiger partial charge in [0.25, 0.3) is 5.56 Å². The molecule has 0 unspecified atom stereocenters. The van der Waals surface area contributed by atoms with Crippen LogP contribution < -0.4 is 5.56 Å². The molecular formula is C19H29N3O3S. The molecule has 0 radical (unpaired) electrons. The first kappa shape index (κ1) is 19.3. The lowest BCUT2D eigenvalue weighted by Gasteiger charge is -2.28. The van der Waals surface area contributed by atoms with E-state index in [1.54, 1.807) is 4.57 Å². The van der Waals surface area contributed by atoms with Gasteiger partial charge in [0.1, 0.15) is 0 Å². The van der Waals surface area contributed by atoms with Crippen molar-refractivity contribution < 1.29 is 9.90 Å². The van der Waals surface area contributed by atoms with E-state index in [2.05, 4.69) is 4.98 Å². The summed E-state index contributed by atoms with van der Waals surface area (Å²) in [6.45, 7) is 3.50. The van der Waals surface area contributed by atoms with Crippen molar-refractivity contribution in [2.45, 2.75) is 75.9 Å². The van der Waals surface area contributed by atoms with Gasteiger partial charge in [-0.05, 0) is 38.5 Å². The van der Waals surface area contributed by atoms with Crippen LogP contribution in [0.2, 0.25) is 0 Å². The van der Waals surface area contributed by atoms with Crippen molar-refractivity contribution in [2.75, 3.05) is 18.8 Å². The van der Waals surface area contributed by atoms with Gasteiger partial charge in [0, 0.05) is 19.1 Å². The Morgan fingerprint density at radius 3 is 2.46 bits per heavy atom. The van der Waals surface area contributed by atoms with Crippen LogP contribution in [0.4, 0.5) is 0 Å². The fraction of sp³-hybridized carbons (Fsp3) is 0.737. The molecule has 1 saturated heterocycles. The number of amides is 1. The largest absolute Gasteiger partial charge is 0.493 e. The minimum Gasteiger partial charge on any atom is -0.493 e. The molecule has 2 fully saturated rings. The van der Waals surface area contributed by atoms with Crippen LogP contribution >= 0.6 is 11.8 Å². The summed E-state index contributed by atoms with van der Waals surface area (Å²) in [7, 11) is 0. The minimum atomic E-state index is -0.183. The Kier molecular flexibility index (Phi) is 6.62. The predicted molar refractivity (Wildman–Crippen MR) is 103 cm³/mol. The van der Waals surface area contributed by atoms with Gasteiger partial charge in [-0.2, -0.15) is 4.98 Å². The molecule has 2 heterocycles. The number of nitrogens with zero attached hydrogens (tertiary/aromatic N) is 3. The van der Waals surface area contributed by atoms with Crippen LogP contribution in [0.3, 0.4) is 0 Å². The first-order chi connectivity index (χ1) is 12.6. The van der Waals surface area contributed by atoms with Crippen molar-refractivity contribution in [1.82, 2.24) is 14.5 Å². The summed E-state index contributed by atoms with van der Waals surface area (Å²) in [5.41, 5.74) is 0.238. The second kappa shape index (κ2) is 8.93. The highest BCUT2D eigenvalue weighted by atomic mass is 32.2. The molecule has 1 aliphatic heterocycles. The molecule has 0 bridgehead atoms. The van der Waals surface area contributed by atoms with Crippen LogP contribution in [0.5, 0.6) is 5.88 Å². The molecule has 1 N–H and O–H groups in total. The quantitative estimate of drug-likeness (QED) is 0.628. The van der Waals surface area contributed by atoms with Gasteiger partial charge < -0.3 is 10.0 Å². The minimum absolute atomic E-state index is 0.0956. The van der Waals surface area contributed by atoms with E-state index in [-0.39, 0.29) is 29.1 Å². The molecule has 6 nitrogen and oxygen atoms in total. The van der Waals surface area contributed by atoms with Crippen molar-refractivity contribution in [1.29, 1.82) is 0 Å². The molecule has 0 aromatic carbocycles. The van der Waals surface area contributed by atoms with Gasteiger partial charge in [-0.1, -0.05) is 37.9 Å². The highest BCUT2D eigenvalue weighted by Crippen LogP contribution is 2.31. The second-order valence-corrected chi connectivity index (χ2v) is 8.19. The lowest BCUT2D eigenvalue weighted by molar-refractivity contribution is -0.129. The number of likely N-dealkylation sites (tertiary alicyclic amines) is 1. The number of piperidine rings is 1. The van der Waals surface area contributed by atoms with Gasteiger partial charge in [-0.3, -0.25) is 14.2 Å². The number of aromatic nitrogens is 2. The number of hydrogen-bond donors (Lipinski definition) is 1. The van der Waals surface area contributed by atoms with Crippen molar-refractivity contribution in [3.63, 3.8) is 0 Å². The predicted octanol–water partition coefficient (Wildman–Crippen LogP) is 3.12. The number of aromatic hydroxyl groups is 1. The van der Waals surface area contributed by atoms with E-state index in [0.29, 0.717) is 17.1 Å². The molecule has 0 spiro atoms.